The maximum atomic E-state index is 11.0. The summed E-state index contributed by atoms with van der Waals surface area (Å²) in [6, 6.07) is 0. The SMILES string of the molecule is CC1CCCC(CNCC(C)C(N)=O)(N(C)C)C1. The minimum absolute atomic E-state index is 0.0924. The lowest BCUT2D eigenvalue weighted by atomic mass is 9.75. The quantitative estimate of drug-likeness (QED) is 0.750. The van der Waals surface area contributed by atoms with Crippen molar-refractivity contribution in [1.82, 2.24) is 10.2 Å². The summed E-state index contributed by atoms with van der Waals surface area (Å²) in [6.07, 6.45) is 5.11. The van der Waals surface area contributed by atoms with Crippen LogP contribution in [0.5, 0.6) is 0 Å². The number of hydrogen-bond donors (Lipinski definition) is 2. The predicted molar refractivity (Wildman–Crippen MR) is 75.3 cm³/mol. The van der Waals surface area contributed by atoms with Gasteiger partial charge in [0.15, 0.2) is 0 Å². The summed E-state index contributed by atoms with van der Waals surface area (Å²) in [6.45, 7) is 5.84. The Kier molecular flexibility index (Phi) is 5.60. The summed E-state index contributed by atoms with van der Waals surface area (Å²) in [5, 5.41) is 3.44. The van der Waals surface area contributed by atoms with Gasteiger partial charge in [0.25, 0.3) is 0 Å². The van der Waals surface area contributed by atoms with Crippen molar-refractivity contribution in [3.63, 3.8) is 0 Å². The van der Waals surface area contributed by atoms with Crippen molar-refractivity contribution in [2.24, 2.45) is 17.6 Å². The highest BCUT2D eigenvalue weighted by Crippen LogP contribution is 2.35. The summed E-state index contributed by atoms with van der Waals surface area (Å²) in [4.78, 5) is 13.4. The molecule has 1 amide bonds. The molecule has 0 spiro atoms. The normalized spacial score (nSPS) is 30.4. The first-order chi connectivity index (χ1) is 8.37. The zero-order chi connectivity index (χ0) is 13.8. The fourth-order valence-corrected chi connectivity index (χ4v) is 2.98. The van der Waals surface area contributed by atoms with Gasteiger partial charge in [0.05, 0.1) is 0 Å². The van der Waals surface area contributed by atoms with E-state index in [9.17, 15) is 4.79 Å². The maximum absolute atomic E-state index is 11.0. The Balaban J connectivity index is 2.50. The van der Waals surface area contributed by atoms with Gasteiger partial charge in [-0.3, -0.25) is 4.79 Å². The number of primary amides is 1. The minimum Gasteiger partial charge on any atom is -0.369 e. The molecule has 1 saturated carbocycles. The molecule has 0 aromatic carbocycles. The predicted octanol–water partition coefficient (Wildman–Crippen LogP) is 1.21. The molecule has 1 aliphatic carbocycles. The van der Waals surface area contributed by atoms with Crippen LogP contribution in [0.3, 0.4) is 0 Å². The first-order valence-electron chi connectivity index (χ1n) is 7.05. The average molecular weight is 255 g/mol. The second kappa shape index (κ2) is 6.53. The van der Waals surface area contributed by atoms with Gasteiger partial charge < -0.3 is 16.0 Å². The third-order valence-corrected chi connectivity index (χ3v) is 4.41. The zero-order valence-corrected chi connectivity index (χ0v) is 12.3. The standard InChI is InChI=1S/C14H29N3O/c1-11-6-5-7-14(8-11,17(3)4)10-16-9-12(2)13(15)18/h11-12,16H,5-10H2,1-4H3,(H2,15,18). The first-order valence-corrected chi connectivity index (χ1v) is 7.05. The molecule has 3 atom stereocenters. The van der Waals surface area contributed by atoms with E-state index >= 15 is 0 Å². The van der Waals surface area contributed by atoms with Crippen molar-refractivity contribution in [2.75, 3.05) is 27.2 Å². The number of likely N-dealkylation sites (N-methyl/N-ethyl adjacent to an activating group) is 1. The van der Waals surface area contributed by atoms with E-state index in [-0.39, 0.29) is 17.4 Å². The highest BCUT2D eigenvalue weighted by molar-refractivity contribution is 5.76. The molecule has 4 nitrogen and oxygen atoms in total. The zero-order valence-electron chi connectivity index (χ0n) is 12.3. The Hall–Kier alpha value is -0.610. The molecule has 0 bridgehead atoms. The molecule has 3 N–H and O–H groups in total. The molecular weight excluding hydrogens is 226 g/mol. The summed E-state index contributed by atoms with van der Waals surface area (Å²) in [7, 11) is 4.33. The third-order valence-electron chi connectivity index (χ3n) is 4.41. The minimum atomic E-state index is -0.224. The molecule has 0 radical (unpaired) electrons. The molecule has 4 heteroatoms. The fraction of sp³-hybridized carbons (Fsp3) is 0.929. The van der Waals surface area contributed by atoms with E-state index in [0.29, 0.717) is 6.54 Å². The van der Waals surface area contributed by atoms with Crippen molar-refractivity contribution in [2.45, 2.75) is 45.1 Å². The number of hydrogen-bond acceptors (Lipinski definition) is 3. The van der Waals surface area contributed by atoms with Crippen molar-refractivity contribution in [3.05, 3.63) is 0 Å². The van der Waals surface area contributed by atoms with Gasteiger partial charge in [-0.25, -0.2) is 0 Å². The van der Waals surface area contributed by atoms with Crippen LogP contribution in [0.25, 0.3) is 0 Å². The Morgan fingerprint density at radius 3 is 2.72 bits per heavy atom. The largest absolute Gasteiger partial charge is 0.369 e. The van der Waals surface area contributed by atoms with Crippen LogP contribution in [0.2, 0.25) is 0 Å². The van der Waals surface area contributed by atoms with Crippen LogP contribution in [0.4, 0.5) is 0 Å². The Morgan fingerprint density at radius 2 is 2.22 bits per heavy atom. The monoisotopic (exact) mass is 255 g/mol. The lowest BCUT2D eigenvalue weighted by Crippen LogP contribution is -2.54. The third kappa shape index (κ3) is 3.95. The van der Waals surface area contributed by atoms with Gasteiger partial charge in [-0.05, 0) is 32.9 Å². The molecule has 3 unspecified atom stereocenters. The van der Waals surface area contributed by atoms with Crippen LogP contribution < -0.4 is 11.1 Å². The van der Waals surface area contributed by atoms with E-state index < -0.39 is 0 Å². The number of carbonyl (C=O) groups is 1. The summed E-state index contributed by atoms with van der Waals surface area (Å²) in [5.74, 6) is 0.472. The van der Waals surface area contributed by atoms with Gasteiger partial charge in [-0.1, -0.05) is 26.7 Å². The molecule has 1 rings (SSSR count). The van der Waals surface area contributed by atoms with Crippen LogP contribution in [-0.4, -0.2) is 43.5 Å². The summed E-state index contributed by atoms with van der Waals surface area (Å²) < 4.78 is 0. The molecule has 0 aliphatic heterocycles. The van der Waals surface area contributed by atoms with E-state index in [4.69, 9.17) is 5.73 Å². The summed E-state index contributed by atoms with van der Waals surface area (Å²) >= 11 is 0. The van der Waals surface area contributed by atoms with Gasteiger partial charge in [-0.2, -0.15) is 0 Å². The number of carbonyl (C=O) groups excluding carboxylic acids is 1. The Labute approximate surface area is 111 Å². The molecule has 106 valence electrons. The molecule has 0 aromatic rings. The Bertz CT molecular complexity index is 280. The van der Waals surface area contributed by atoms with Gasteiger partial charge in [-0.15, -0.1) is 0 Å². The highest BCUT2D eigenvalue weighted by Gasteiger charge is 2.36. The number of amides is 1. The van der Waals surface area contributed by atoms with Crippen molar-refractivity contribution in [1.29, 1.82) is 0 Å². The van der Waals surface area contributed by atoms with Crippen LogP contribution in [0, 0.1) is 11.8 Å². The molecule has 1 aliphatic rings. The molecule has 0 saturated heterocycles. The van der Waals surface area contributed by atoms with Crippen LogP contribution in [-0.2, 0) is 4.79 Å². The maximum Gasteiger partial charge on any atom is 0.221 e. The summed E-state index contributed by atoms with van der Waals surface area (Å²) in [5.41, 5.74) is 5.53. The van der Waals surface area contributed by atoms with E-state index in [1.165, 1.54) is 25.7 Å². The van der Waals surface area contributed by atoms with E-state index in [2.05, 4.69) is 31.2 Å². The Morgan fingerprint density at radius 1 is 1.56 bits per heavy atom. The first kappa shape index (κ1) is 15.4. The lowest BCUT2D eigenvalue weighted by Gasteiger charge is -2.45. The highest BCUT2D eigenvalue weighted by atomic mass is 16.1. The lowest BCUT2D eigenvalue weighted by molar-refractivity contribution is -0.121. The van der Waals surface area contributed by atoms with Crippen LogP contribution in [0.15, 0.2) is 0 Å². The average Bonchev–Trinajstić information content (AvgIpc) is 2.28. The van der Waals surface area contributed by atoms with E-state index in [1.54, 1.807) is 0 Å². The number of nitrogens with zero attached hydrogens (tertiary/aromatic N) is 1. The molecular formula is C14H29N3O. The van der Waals surface area contributed by atoms with Crippen LogP contribution >= 0.6 is 0 Å². The van der Waals surface area contributed by atoms with Crippen LogP contribution in [0.1, 0.15) is 39.5 Å². The second-order valence-corrected chi connectivity index (χ2v) is 6.25. The van der Waals surface area contributed by atoms with Gasteiger partial charge >= 0.3 is 0 Å². The number of rotatable bonds is 6. The number of nitrogens with two attached hydrogens (primary N) is 1. The van der Waals surface area contributed by atoms with Gasteiger partial charge in [0, 0.05) is 24.5 Å². The molecule has 0 aromatic heterocycles. The second-order valence-electron chi connectivity index (χ2n) is 6.25. The number of nitrogens with one attached hydrogen (secondary N) is 1. The molecule has 18 heavy (non-hydrogen) atoms. The molecule has 1 fully saturated rings. The topological polar surface area (TPSA) is 58.4 Å². The molecule has 0 heterocycles. The van der Waals surface area contributed by atoms with Crippen molar-refractivity contribution in [3.8, 4) is 0 Å². The van der Waals surface area contributed by atoms with Crippen molar-refractivity contribution < 1.29 is 4.79 Å². The van der Waals surface area contributed by atoms with Gasteiger partial charge in [0.1, 0.15) is 0 Å². The van der Waals surface area contributed by atoms with E-state index in [1.807, 2.05) is 6.92 Å². The van der Waals surface area contributed by atoms with E-state index in [0.717, 1.165) is 12.5 Å². The smallest absolute Gasteiger partial charge is 0.221 e. The fourth-order valence-electron chi connectivity index (χ4n) is 2.98. The van der Waals surface area contributed by atoms with Gasteiger partial charge in [0.2, 0.25) is 5.91 Å². The van der Waals surface area contributed by atoms with Crippen molar-refractivity contribution >= 4 is 5.91 Å².